The first kappa shape index (κ1) is 12.1. The van der Waals surface area contributed by atoms with Gasteiger partial charge in [0.25, 0.3) is 0 Å². The third-order valence-electron chi connectivity index (χ3n) is 2.29. The van der Waals surface area contributed by atoms with Crippen molar-refractivity contribution < 1.29 is 4.79 Å². The summed E-state index contributed by atoms with van der Waals surface area (Å²) in [6.07, 6.45) is 1.55. The van der Waals surface area contributed by atoms with Crippen LogP contribution in [0.2, 0.25) is 5.02 Å². The van der Waals surface area contributed by atoms with Crippen LogP contribution < -0.4 is 4.90 Å². The van der Waals surface area contributed by atoms with Crippen LogP contribution in [0.5, 0.6) is 0 Å². The molecule has 1 rings (SSSR count). The average Bonchev–Trinajstić information content (AvgIpc) is 2.18. The molecule has 0 saturated heterocycles. The van der Waals surface area contributed by atoms with Crippen molar-refractivity contribution >= 4 is 23.1 Å². The number of rotatable bonds is 5. The second-order valence-electron chi connectivity index (χ2n) is 3.70. The largest absolute Gasteiger partial charge is 0.375 e. The van der Waals surface area contributed by atoms with E-state index < -0.39 is 0 Å². The highest BCUT2D eigenvalue weighted by molar-refractivity contribution is 6.30. The molecule has 0 aliphatic rings. The van der Waals surface area contributed by atoms with Gasteiger partial charge in [0, 0.05) is 30.7 Å². The smallest absolute Gasteiger partial charge is 0.129 e. The first-order valence-corrected chi connectivity index (χ1v) is 5.43. The molecule has 0 N–H and O–H groups in total. The molecule has 82 valence electrons. The van der Waals surface area contributed by atoms with Crippen molar-refractivity contribution in [3.63, 3.8) is 0 Å². The van der Waals surface area contributed by atoms with E-state index in [1.807, 2.05) is 31.3 Å². The Hall–Kier alpha value is -1.02. The van der Waals surface area contributed by atoms with Crippen LogP contribution in [0, 0.1) is 0 Å². The Kier molecular flexibility index (Phi) is 4.63. The Morgan fingerprint density at radius 1 is 1.33 bits per heavy atom. The maximum absolute atomic E-state index is 10.8. The monoisotopic (exact) mass is 225 g/mol. The highest BCUT2D eigenvalue weighted by Gasteiger charge is 2.01. The number of nitrogens with zero attached hydrogens (tertiary/aromatic N) is 1. The van der Waals surface area contributed by atoms with Crippen molar-refractivity contribution in [3.8, 4) is 0 Å². The van der Waals surface area contributed by atoms with Gasteiger partial charge in [-0.3, -0.25) is 0 Å². The summed E-state index contributed by atoms with van der Waals surface area (Å²) < 4.78 is 0. The van der Waals surface area contributed by atoms with Crippen LogP contribution in [-0.4, -0.2) is 19.4 Å². The van der Waals surface area contributed by atoms with E-state index in [-0.39, 0.29) is 5.78 Å². The molecule has 0 bridgehead atoms. The van der Waals surface area contributed by atoms with E-state index in [1.165, 1.54) is 0 Å². The number of halogens is 1. The second kappa shape index (κ2) is 5.76. The minimum Gasteiger partial charge on any atom is -0.375 e. The van der Waals surface area contributed by atoms with E-state index in [0.717, 1.165) is 23.7 Å². The number of carbonyl (C=O) groups is 1. The number of benzene rings is 1. The molecule has 0 aromatic heterocycles. The fraction of sp³-hybridized carbons (Fsp3) is 0.417. The Balaban J connectivity index is 2.43. The molecule has 0 heterocycles. The molecule has 0 aliphatic heterocycles. The molecule has 0 atom stereocenters. The lowest BCUT2D eigenvalue weighted by atomic mass is 10.2. The molecule has 2 nitrogen and oxygen atoms in total. The molecule has 3 heteroatoms. The standard InChI is InChI=1S/C12H16ClNO/c1-10(15)4-3-9-14(2)12-7-5-11(13)6-8-12/h5-8H,3-4,9H2,1-2H3. The van der Waals surface area contributed by atoms with Gasteiger partial charge in [-0.1, -0.05) is 11.6 Å². The summed E-state index contributed by atoms with van der Waals surface area (Å²) >= 11 is 5.80. The maximum atomic E-state index is 10.8. The summed E-state index contributed by atoms with van der Waals surface area (Å²) in [6.45, 7) is 2.52. The van der Waals surface area contributed by atoms with E-state index in [4.69, 9.17) is 11.6 Å². The molecule has 0 saturated carbocycles. The number of hydrogen-bond donors (Lipinski definition) is 0. The van der Waals surface area contributed by atoms with Gasteiger partial charge in [-0.25, -0.2) is 0 Å². The Labute approximate surface area is 95.8 Å². The van der Waals surface area contributed by atoms with Gasteiger partial charge >= 0.3 is 0 Å². The van der Waals surface area contributed by atoms with Crippen molar-refractivity contribution in [3.05, 3.63) is 29.3 Å². The van der Waals surface area contributed by atoms with Crippen LogP contribution in [0.25, 0.3) is 0 Å². The molecular formula is C12H16ClNO. The topological polar surface area (TPSA) is 20.3 Å². The van der Waals surface area contributed by atoms with Crippen molar-refractivity contribution in [1.82, 2.24) is 0 Å². The second-order valence-corrected chi connectivity index (χ2v) is 4.14. The normalized spacial score (nSPS) is 10.1. The Morgan fingerprint density at radius 3 is 2.47 bits per heavy atom. The Morgan fingerprint density at radius 2 is 1.93 bits per heavy atom. The van der Waals surface area contributed by atoms with Crippen LogP contribution in [-0.2, 0) is 4.79 Å². The average molecular weight is 226 g/mol. The van der Waals surface area contributed by atoms with Crippen LogP contribution in [0.4, 0.5) is 5.69 Å². The number of Topliss-reactive ketones (excluding diaryl/α,β-unsaturated/α-hetero) is 1. The molecule has 0 spiro atoms. The lowest BCUT2D eigenvalue weighted by Crippen LogP contribution is -2.18. The van der Waals surface area contributed by atoms with Gasteiger partial charge in [0.2, 0.25) is 0 Å². The molecule has 1 aromatic rings. The number of hydrogen-bond acceptors (Lipinski definition) is 2. The molecule has 0 radical (unpaired) electrons. The van der Waals surface area contributed by atoms with Gasteiger partial charge in [-0.15, -0.1) is 0 Å². The van der Waals surface area contributed by atoms with E-state index >= 15 is 0 Å². The number of ketones is 1. The maximum Gasteiger partial charge on any atom is 0.129 e. The lowest BCUT2D eigenvalue weighted by molar-refractivity contribution is -0.117. The molecule has 0 amide bonds. The van der Waals surface area contributed by atoms with Gasteiger partial charge in [-0.2, -0.15) is 0 Å². The van der Waals surface area contributed by atoms with E-state index in [2.05, 4.69) is 4.90 Å². The number of carbonyl (C=O) groups excluding carboxylic acids is 1. The first-order valence-electron chi connectivity index (χ1n) is 5.06. The molecular weight excluding hydrogens is 210 g/mol. The summed E-state index contributed by atoms with van der Waals surface area (Å²) in [7, 11) is 2.02. The van der Waals surface area contributed by atoms with E-state index in [1.54, 1.807) is 6.92 Å². The van der Waals surface area contributed by atoms with Gasteiger partial charge in [0.15, 0.2) is 0 Å². The highest BCUT2D eigenvalue weighted by atomic mass is 35.5. The van der Waals surface area contributed by atoms with E-state index in [0.29, 0.717) is 6.42 Å². The minimum atomic E-state index is 0.250. The van der Waals surface area contributed by atoms with Crippen molar-refractivity contribution in [2.24, 2.45) is 0 Å². The summed E-state index contributed by atoms with van der Waals surface area (Å²) in [5.74, 6) is 0.250. The predicted molar refractivity (Wildman–Crippen MR) is 64.6 cm³/mol. The summed E-state index contributed by atoms with van der Waals surface area (Å²) in [5.41, 5.74) is 1.13. The fourth-order valence-electron chi connectivity index (χ4n) is 1.39. The van der Waals surface area contributed by atoms with Crippen molar-refractivity contribution in [2.75, 3.05) is 18.5 Å². The fourth-order valence-corrected chi connectivity index (χ4v) is 1.52. The number of anilines is 1. The van der Waals surface area contributed by atoms with E-state index in [9.17, 15) is 4.79 Å². The van der Waals surface area contributed by atoms with Gasteiger partial charge in [0.05, 0.1) is 0 Å². The minimum absolute atomic E-state index is 0.250. The molecule has 0 unspecified atom stereocenters. The van der Waals surface area contributed by atoms with Gasteiger partial charge in [0.1, 0.15) is 5.78 Å². The zero-order valence-corrected chi connectivity index (χ0v) is 9.92. The van der Waals surface area contributed by atoms with Crippen molar-refractivity contribution in [1.29, 1.82) is 0 Å². The van der Waals surface area contributed by atoms with Crippen LogP contribution >= 0.6 is 11.6 Å². The SMILES string of the molecule is CC(=O)CCCN(C)c1ccc(Cl)cc1. The summed E-state index contributed by atoms with van der Waals surface area (Å²) in [6, 6.07) is 7.71. The lowest BCUT2D eigenvalue weighted by Gasteiger charge is -2.18. The Bertz CT molecular complexity index is 321. The van der Waals surface area contributed by atoms with Gasteiger partial charge < -0.3 is 9.69 Å². The summed E-state index contributed by atoms with van der Waals surface area (Å²) in [4.78, 5) is 12.9. The predicted octanol–water partition coefficient (Wildman–Crippen LogP) is 3.15. The third kappa shape index (κ3) is 4.34. The summed E-state index contributed by atoms with van der Waals surface area (Å²) in [5, 5.41) is 0.746. The quantitative estimate of drug-likeness (QED) is 0.768. The van der Waals surface area contributed by atoms with Gasteiger partial charge in [-0.05, 0) is 37.6 Å². The van der Waals surface area contributed by atoms with Crippen LogP contribution in [0.3, 0.4) is 0 Å². The molecule has 1 aromatic carbocycles. The van der Waals surface area contributed by atoms with Crippen molar-refractivity contribution in [2.45, 2.75) is 19.8 Å². The molecule has 0 aliphatic carbocycles. The highest BCUT2D eigenvalue weighted by Crippen LogP contribution is 2.16. The first-order chi connectivity index (χ1) is 7.09. The molecule has 0 fully saturated rings. The third-order valence-corrected chi connectivity index (χ3v) is 2.54. The zero-order valence-electron chi connectivity index (χ0n) is 9.16. The van der Waals surface area contributed by atoms with Crippen LogP contribution in [0.1, 0.15) is 19.8 Å². The molecule has 15 heavy (non-hydrogen) atoms. The zero-order chi connectivity index (χ0) is 11.3. The van der Waals surface area contributed by atoms with Crippen LogP contribution in [0.15, 0.2) is 24.3 Å².